The van der Waals surface area contributed by atoms with Crippen LogP contribution in [0.15, 0.2) is 22.7 Å². The fourth-order valence-corrected chi connectivity index (χ4v) is 2.29. The van der Waals surface area contributed by atoms with Crippen LogP contribution in [0.25, 0.3) is 0 Å². The first-order valence-corrected chi connectivity index (χ1v) is 6.67. The lowest BCUT2D eigenvalue weighted by atomic mass is 10.1. The molecule has 1 aromatic rings. The maximum absolute atomic E-state index is 13.3. The van der Waals surface area contributed by atoms with Gasteiger partial charge in [0.25, 0.3) is 0 Å². The quantitative estimate of drug-likeness (QED) is 0.866. The maximum Gasteiger partial charge on any atom is 0.137 e. The molecular formula is C13H17BrFN. The van der Waals surface area contributed by atoms with Gasteiger partial charge in [0.15, 0.2) is 0 Å². The topological polar surface area (TPSA) is 12.0 Å². The van der Waals surface area contributed by atoms with E-state index in [0.717, 1.165) is 24.4 Å². The second kappa shape index (κ2) is 5.28. The van der Waals surface area contributed by atoms with Gasteiger partial charge in [0.2, 0.25) is 0 Å². The van der Waals surface area contributed by atoms with E-state index in [1.807, 2.05) is 6.07 Å². The summed E-state index contributed by atoms with van der Waals surface area (Å²) < 4.78 is 13.8. The van der Waals surface area contributed by atoms with Crippen molar-refractivity contribution in [2.24, 2.45) is 5.92 Å². The molecule has 1 aromatic carbocycles. The molecule has 16 heavy (non-hydrogen) atoms. The summed E-state index contributed by atoms with van der Waals surface area (Å²) in [6.07, 6.45) is 3.85. The first-order chi connectivity index (χ1) is 7.70. The number of halogens is 2. The summed E-state index contributed by atoms with van der Waals surface area (Å²) in [7, 11) is 0. The van der Waals surface area contributed by atoms with Crippen LogP contribution in [0.2, 0.25) is 0 Å². The summed E-state index contributed by atoms with van der Waals surface area (Å²) in [6.45, 7) is 2.97. The highest BCUT2D eigenvalue weighted by Crippen LogP contribution is 2.34. The van der Waals surface area contributed by atoms with Gasteiger partial charge in [0.05, 0.1) is 4.47 Å². The van der Waals surface area contributed by atoms with Crippen molar-refractivity contribution in [3.63, 3.8) is 0 Å². The molecule has 0 radical (unpaired) electrons. The van der Waals surface area contributed by atoms with Crippen LogP contribution in [0.5, 0.6) is 0 Å². The molecule has 1 nitrogen and oxygen atoms in total. The molecule has 1 fully saturated rings. The number of hydrogen-bond donors (Lipinski definition) is 1. The predicted octanol–water partition coefficient (Wildman–Crippen LogP) is 3.87. The van der Waals surface area contributed by atoms with Crippen molar-refractivity contribution >= 4 is 15.9 Å². The van der Waals surface area contributed by atoms with Crippen LogP contribution < -0.4 is 5.32 Å². The molecule has 0 heterocycles. The molecule has 1 unspecified atom stereocenters. The van der Waals surface area contributed by atoms with E-state index in [1.165, 1.54) is 12.8 Å². The average molecular weight is 286 g/mol. The Morgan fingerprint density at radius 2 is 2.25 bits per heavy atom. The van der Waals surface area contributed by atoms with Crippen molar-refractivity contribution < 1.29 is 4.39 Å². The third kappa shape index (κ3) is 3.05. The second-order valence-electron chi connectivity index (χ2n) is 4.48. The molecule has 0 bridgehead atoms. The van der Waals surface area contributed by atoms with Gasteiger partial charge in [-0.2, -0.15) is 0 Å². The van der Waals surface area contributed by atoms with Crippen LogP contribution >= 0.6 is 15.9 Å². The van der Waals surface area contributed by atoms with Crippen LogP contribution in [0.4, 0.5) is 4.39 Å². The first-order valence-electron chi connectivity index (χ1n) is 5.88. The minimum atomic E-state index is -0.182. The van der Waals surface area contributed by atoms with Crippen molar-refractivity contribution in [2.75, 3.05) is 0 Å². The number of benzene rings is 1. The predicted molar refractivity (Wildman–Crippen MR) is 67.7 cm³/mol. The van der Waals surface area contributed by atoms with Gasteiger partial charge in [-0.05, 0) is 58.8 Å². The summed E-state index contributed by atoms with van der Waals surface area (Å²) in [5, 5.41) is 3.51. The van der Waals surface area contributed by atoms with Crippen LogP contribution in [0.1, 0.15) is 31.7 Å². The molecule has 0 aromatic heterocycles. The van der Waals surface area contributed by atoms with Crippen molar-refractivity contribution in [3.05, 3.63) is 34.1 Å². The molecule has 0 amide bonds. The summed E-state index contributed by atoms with van der Waals surface area (Å²) in [5.74, 6) is 0.670. The molecule has 0 spiro atoms. The fourth-order valence-electron chi connectivity index (χ4n) is 2.04. The van der Waals surface area contributed by atoms with E-state index in [2.05, 4.69) is 28.2 Å². The van der Waals surface area contributed by atoms with Crippen LogP contribution in [-0.4, -0.2) is 6.04 Å². The Bertz CT molecular complexity index is 363. The largest absolute Gasteiger partial charge is 0.310 e. The Kier molecular flexibility index (Phi) is 3.98. The molecular weight excluding hydrogens is 269 g/mol. The summed E-state index contributed by atoms with van der Waals surface area (Å²) in [6, 6.07) is 5.92. The van der Waals surface area contributed by atoms with Gasteiger partial charge in [-0.3, -0.25) is 0 Å². The smallest absolute Gasteiger partial charge is 0.137 e. The van der Waals surface area contributed by atoms with Crippen molar-refractivity contribution in [1.29, 1.82) is 0 Å². The summed E-state index contributed by atoms with van der Waals surface area (Å²) in [5.41, 5.74) is 1.01. The van der Waals surface area contributed by atoms with E-state index in [-0.39, 0.29) is 5.82 Å². The SMILES string of the molecule is CCC(NCc1ccc(Br)c(F)c1)C1CC1. The molecule has 1 aliphatic carbocycles. The molecule has 2 rings (SSSR count). The van der Waals surface area contributed by atoms with E-state index >= 15 is 0 Å². The van der Waals surface area contributed by atoms with E-state index < -0.39 is 0 Å². The van der Waals surface area contributed by atoms with E-state index in [0.29, 0.717) is 10.5 Å². The number of rotatable bonds is 5. The Morgan fingerprint density at radius 1 is 1.50 bits per heavy atom. The zero-order valence-electron chi connectivity index (χ0n) is 9.47. The van der Waals surface area contributed by atoms with Gasteiger partial charge in [-0.15, -0.1) is 0 Å². The molecule has 3 heteroatoms. The zero-order valence-corrected chi connectivity index (χ0v) is 11.1. The molecule has 1 aliphatic rings. The lowest BCUT2D eigenvalue weighted by Gasteiger charge is -2.16. The minimum Gasteiger partial charge on any atom is -0.310 e. The van der Waals surface area contributed by atoms with E-state index in [4.69, 9.17) is 0 Å². The second-order valence-corrected chi connectivity index (χ2v) is 5.34. The Morgan fingerprint density at radius 3 is 2.81 bits per heavy atom. The highest BCUT2D eigenvalue weighted by atomic mass is 79.9. The molecule has 1 N–H and O–H groups in total. The van der Waals surface area contributed by atoms with Crippen LogP contribution in [-0.2, 0) is 6.54 Å². The number of hydrogen-bond acceptors (Lipinski definition) is 1. The van der Waals surface area contributed by atoms with Crippen molar-refractivity contribution in [2.45, 2.75) is 38.8 Å². The lowest BCUT2D eigenvalue weighted by Crippen LogP contribution is -2.29. The lowest BCUT2D eigenvalue weighted by molar-refractivity contribution is 0.448. The first kappa shape index (κ1) is 12.1. The Hall–Kier alpha value is -0.410. The van der Waals surface area contributed by atoms with E-state index in [9.17, 15) is 4.39 Å². The Labute approximate surface area is 105 Å². The third-order valence-corrected chi connectivity index (χ3v) is 3.83. The van der Waals surface area contributed by atoms with Gasteiger partial charge in [-0.1, -0.05) is 13.0 Å². The standard InChI is InChI=1S/C13H17BrFN/c1-2-13(10-4-5-10)16-8-9-3-6-11(14)12(15)7-9/h3,6-7,10,13,16H,2,4-5,8H2,1H3. The highest BCUT2D eigenvalue weighted by Gasteiger charge is 2.29. The van der Waals surface area contributed by atoms with Gasteiger partial charge in [0, 0.05) is 12.6 Å². The van der Waals surface area contributed by atoms with Gasteiger partial charge >= 0.3 is 0 Å². The van der Waals surface area contributed by atoms with Gasteiger partial charge in [-0.25, -0.2) is 4.39 Å². The zero-order chi connectivity index (χ0) is 11.5. The monoisotopic (exact) mass is 285 g/mol. The maximum atomic E-state index is 13.3. The minimum absolute atomic E-state index is 0.182. The molecule has 1 saturated carbocycles. The van der Waals surface area contributed by atoms with Crippen molar-refractivity contribution in [3.8, 4) is 0 Å². The highest BCUT2D eigenvalue weighted by molar-refractivity contribution is 9.10. The molecule has 1 atom stereocenters. The molecule has 0 saturated heterocycles. The summed E-state index contributed by atoms with van der Waals surface area (Å²) in [4.78, 5) is 0. The van der Waals surface area contributed by atoms with E-state index in [1.54, 1.807) is 12.1 Å². The molecule has 88 valence electrons. The fraction of sp³-hybridized carbons (Fsp3) is 0.538. The number of nitrogens with one attached hydrogen (secondary N) is 1. The van der Waals surface area contributed by atoms with Crippen molar-refractivity contribution in [1.82, 2.24) is 5.32 Å². The Balaban J connectivity index is 1.90. The normalized spacial score (nSPS) is 17.4. The van der Waals surface area contributed by atoms with Gasteiger partial charge in [0.1, 0.15) is 5.82 Å². The van der Waals surface area contributed by atoms with Crippen LogP contribution in [0, 0.1) is 11.7 Å². The average Bonchev–Trinajstić information content (AvgIpc) is 3.08. The third-order valence-electron chi connectivity index (χ3n) is 3.18. The van der Waals surface area contributed by atoms with Crippen LogP contribution in [0.3, 0.4) is 0 Å². The van der Waals surface area contributed by atoms with Gasteiger partial charge < -0.3 is 5.32 Å². The summed E-state index contributed by atoms with van der Waals surface area (Å²) >= 11 is 3.16. The molecule has 0 aliphatic heterocycles.